The number of amides is 1. The van der Waals surface area contributed by atoms with Gasteiger partial charge in [-0.3, -0.25) is 4.79 Å². The number of piperazine rings is 1. The molecule has 2 aromatic rings. The summed E-state index contributed by atoms with van der Waals surface area (Å²) < 4.78 is 5.21. The highest BCUT2D eigenvalue weighted by atomic mass is 35.5. The number of aryl methyl sites for hydroxylation is 1. The highest BCUT2D eigenvalue weighted by Gasteiger charge is 2.23. The molecule has 1 amide bonds. The van der Waals surface area contributed by atoms with Crippen molar-refractivity contribution in [1.29, 1.82) is 0 Å². The van der Waals surface area contributed by atoms with Gasteiger partial charge in [0, 0.05) is 49.5 Å². The lowest BCUT2D eigenvalue weighted by atomic mass is 10.2. The predicted molar refractivity (Wildman–Crippen MR) is 87.2 cm³/mol. The number of carbonyl (C=O) groups is 1. The number of hydrogen-bond acceptors (Lipinski definition) is 6. The average Bonchev–Trinajstić information content (AvgIpc) is 3.16. The minimum atomic E-state index is 0. The summed E-state index contributed by atoms with van der Waals surface area (Å²) in [7, 11) is 0. The van der Waals surface area contributed by atoms with Crippen LogP contribution in [-0.2, 0) is 11.2 Å². The smallest absolute Gasteiger partial charge is 0.227 e. The van der Waals surface area contributed by atoms with Gasteiger partial charge in [-0.2, -0.15) is 16.3 Å². The zero-order chi connectivity index (χ0) is 14.7. The molecule has 1 aliphatic heterocycles. The molecular weight excluding hydrogens is 324 g/mol. The van der Waals surface area contributed by atoms with Gasteiger partial charge in [-0.05, 0) is 18.4 Å². The first-order chi connectivity index (χ1) is 10.2. The number of hydrogen-bond donors (Lipinski definition) is 1. The van der Waals surface area contributed by atoms with Gasteiger partial charge in [-0.1, -0.05) is 5.16 Å². The van der Waals surface area contributed by atoms with Crippen LogP contribution in [0.5, 0.6) is 0 Å². The number of nitrogens with one attached hydrogen (secondary N) is 1. The van der Waals surface area contributed by atoms with Gasteiger partial charge in [0.2, 0.25) is 17.6 Å². The van der Waals surface area contributed by atoms with E-state index in [9.17, 15) is 4.79 Å². The Bertz CT molecular complexity index is 602. The number of rotatable bonds is 4. The number of aromatic nitrogens is 2. The van der Waals surface area contributed by atoms with E-state index in [2.05, 4.69) is 22.4 Å². The highest BCUT2D eigenvalue weighted by molar-refractivity contribution is 7.08. The first-order valence-corrected chi connectivity index (χ1v) is 8.03. The van der Waals surface area contributed by atoms with Gasteiger partial charge in [-0.15, -0.1) is 12.4 Å². The van der Waals surface area contributed by atoms with E-state index >= 15 is 0 Å². The number of carbonyl (C=O) groups excluding carboxylic acids is 1. The largest absolute Gasteiger partial charge is 0.339 e. The Morgan fingerprint density at radius 3 is 3.18 bits per heavy atom. The van der Waals surface area contributed by atoms with Gasteiger partial charge in [0.15, 0.2) is 0 Å². The maximum absolute atomic E-state index is 12.2. The lowest BCUT2D eigenvalue weighted by Crippen LogP contribution is -2.52. The Hall–Kier alpha value is -1.44. The molecule has 3 heterocycles. The molecule has 0 aromatic carbocycles. The highest BCUT2D eigenvalue weighted by Crippen LogP contribution is 2.19. The molecule has 22 heavy (non-hydrogen) atoms. The van der Waals surface area contributed by atoms with Gasteiger partial charge in [-0.25, -0.2) is 0 Å². The Labute approximate surface area is 139 Å². The van der Waals surface area contributed by atoms with Crippen molar-refractivity contribution in [2.75, 3.05) is 19.6 Å². The third kappa shape index (κ3) is 3.85. The van der Waals surface area contributed by atoms with E-state index in [-0.39, 0.29) is 24.4 Å². The minimum absolute atomic E-state index is 0. The van der Waals surface area contributed by atoms with E-state index in [1.807, 2.05) is 21.7 Å². The van der Waals surface area contributed by atoms with Crippen LogP contribution in [0.2, 0.25) is 0 Å². The van der Waals surface area contributed by atoms with Crippen molar-refractivity contribution in [3.05, 3.63) is 22.7 Å². The summed E-state index contributed by atoms with van der Waals surface area (Å²) in [5, 5.41) is 11.2. The van der Waals surface area contributed by atoms with E-state index in [0.717, 1.165) is 25.2 Å². The Morgan fingerprint density at radius 1 is 1.59 bits per heavy atom. The molecule has 3 rings (SSSR count). The van der Waals surface area contributed by atoms with Crippen LogP contribution in [0.4, 0.5) is 0 Å². The van der Waals surface area contributed by atoms with Crippen molar-refractivity contribution < 1.29 is 9.32 Å². The molecule has 0 unspecified atom stereocenters. The fourth-order valence-electron chi connectivity index (χ4n) is 2.43. The van der Waals surface area contributed by atoms with Crippen molar-refractivity contribution in [3.8, 4) is 11.4 Å². The number of thiophene rings is 1. The van der Waals surface area contributed by atoms with Crippen LogP contribution >= 0.6 is 23.7 Å². The fraction of sp³-hybridized carbons (Fsp3) is 0.500. The topological polar surface area (TPSA) is 71.3 Å². The van der Waals surface area contributed by atoms with Crippen LogP contribution in [0.25, 0.3) is 11.4 Å². The molecule has 120 valence electrons. The fourth-order valence-corrected chi connectivity index (χ4v) is 3.07. The molecule has 6 nitrogen and oxygen atoms in total. The molecule has 1 N–H and O–H groups in total. The lowest BCUT2D eigenvalue weighted by molar-refractivity contribution is -0.134. The second kappa shape index (κ2) is 7.71. The molecular formula is C14H19ClN4O2S. The monoisotopic (exact) mass is 342 g/mol. The van der Waals surface area contributed by atoms with Crippen LogP contribution in [0.1, 0.15) is 19.2 Å². The Balaban J connectivity index is 0.00000176. The third-order valence-corrected chi connectivity index (χ3v) is 4.31. The molecule has 2 aromatic heterocycles. The summed E-state index contributed by atoms with van der Waals surface area (Å²) >= 11 is 1.59. The molecule has 0 saturated carbocycles. The first-order valence-electron chi connectivity index (χ1n) is 7.09. The molecule has 8 heteroatoms. The number of halogens is 1. The zero-order valence-electron chi connectivity index (χ0n) is 12.3. The summed E-state index contributed by atoms with van der Waals surface area (Å²) in [6, 6.07) is 2.20. The third-order valence-electron chi connectivity index (χ3n) is 3.62. The maximum atomic E-state index is 12.2. The Morgan fingerprint density at radius 2 is 2.45 bits per heavy atom. The van der Waals surface area contributed by atoms with Gasteiger partial charge in [0.25, 0.3) is 0 Å². The second-order valence-electron chi connectivity index (χ2n) is 5.16. The number of nitrogens with zero attached hydrogens (tertiary/aromatic N) is 3. The van der Waals surface area contributed by atoms with Gasteiger partial charge < -0.3 is 14.7 Å². The van der Waals surface area contributed by atoms with Crippen LogP contribution in [0.15, 0.2) is 21.3 Å². The zero-order valence-corrected chi connectivity index (χ0v) is 14.0. The van der Waals surface area contributed by atoms with E-state index in [4.69, 9.17) is 4.52 Å². The normalized spacial score (nSPS) is 18.0. The molecule has 0 radical (unpaired) electrons. The minimum Gasteiger partial charge on any atom is -0.339 e. The van der Waals surface area contributed by atoms with Gasteiger partial charge in [0.1, 0.15) is 0 Å². The second-order valence-corrected chi connectivity index (χ2v) is 5.94. The molecule has 0 bridgehead atoms. The van der Waals surface area contributed by atoms with Crippen LogP contribution in [0.3, 0.4) is 0 Å². The SMILES string of the molecule is C[C@H]1CNCCN1C(=O)CCc1nc(-c2ccsc2)no1.Cl. The molecule has 1 aliphatic rings. The molecule has 0 aliphatic carbocycles. The predicted octanol–water partition coefficient (Wildman–Crippen LogP) is 1.97. The van der Waals surface area contributed by atoms with Gasteiger partial charge in [0.05, 0.1) is 0 Å². The molecule has 1 fully saturated rings. The summed E-state index contributed by atoms with van der Waals surface area (Å²) in [6.07, 6.45) is 0.905. The van der Waals surface area contributed by atoms with Crippen molar-refractivity contribution in [2.24, 2.45) is 0 Å². The van der Waals surface area contributed by atoms with E-state index < -0.39 is 0 Å². The average molecular weight is 343 g/mol. The van der Waals surface area contributed by atoms with Crippen molar-refractivity contribution >= 4 is 29.7 Å². The van der Waals surface area contributed by atoms with Crippen molar-refractivity contribution in [2.45, 2.75) is 25.8 Å². The van der Waals surface area contributed by atoms with Crippen molar-refractivity contribution in [1.82, 2.24) is 20.4 Å². The quantitative estimate of drug-likeness (QED) is 0.919. The first kappa shape index (κ1) is 16.9. The van der Waals surface area contributed by atoms with Gasteiger partial charge >= 0.3 is 0 Å². The van der Waals surface area contributed by atoms with Crippen LogP contribution in [-0.4, -0.2) is 46.6 Å². The van der Waals surface area contributed by atoms with E-state index in [1.54, 1.807) is 11.3 Å². The molecule has 0 spiro atoms. The summed E-state index contributed by atoms with van der Waals surface area (Å²) in [4.78, 5) is 18.5. The van der Waals surface area contributed by atoms with E-state index in [0.29, 0.717) is 24.6 Å². The van der Waals surface area contributed by atoms with Crippen LogP contribution < -0.4 is 5.32 Å². The summed E-state index contributed by atoms with van der Waals surface area (Å²) in [6.45, 7) is 4.54. The summed E-state index contributed by atoms with van der Waals surface area (Å²) in [5.74, 6) is 1.26. The van der Waals surface area contributed by atoms with Crippen LogP contribution in [0, 0.1) is 0 Å². The van der Waals surface area contributed by atoms with Crippen molar-refractivity contribution in [3.63, 3.8) is 0 Å². The summed E-state index contributed by atoms with van der Waals surface area (Å²) in [5.41, 5.74) is 0.956. The maximum Gasteiger partial charge on any atom is 0.227 e. The lowest BCUT2D eigenvalue weighted by Gasteiger charge is -2.34. The molecule has 1 atom stereocenters. The van der Waals surface area contributed by atoms with E-state index in [1.165, 1.54) is 0 Å². The molecule has 1 saturated heterocycles. The Kier molecular flexibility index (Phi) is 5.93. The standard InChI is InChI=1S/C14H18N4O2S.ClH/c1-10-8-15-5-6-18(10)13(19)3-2-12-16-14(17-20-12)11-4-7-21-9-11;/h4,7,9-10,15H,2-3,5-6,8H2,1H3;1H/t10-;/m0./s1.